The maximum absolute atomic E-state index is 6.22. The number of rotatable bonds is 4. The van der Waals surface area contributed by atoms with E-state index in [1.165, 1.54) is 19.3 Å². The smallest absolute Gasteiger partial charge is 0.0652 e. The standard InChI is InChI=1S/C15H20Cl3N/c1-3-10-4-7-14(9(10)2)19-8-11-12(16)5-6-13(17)15(11)18/h5-6,9-10,14,19H,3-4,7-8H2,1-2H3. The summed E-state index contributed by atoms with van der Waals surface area (Å²) in [7, 11) is 0. The molecule has 3 atom stereocenters. The molecule has 106 valence electrons. The first-order chi connectivity index (χ1) is 9.04. The minimum atomic E-state index is 0.552. The first-order valence-electron chi connectivity index (χ1n) is 6.90. The lowest BCUT2D eigenvalue weighted by Crippen LogP contribution is -2.32. The van der Waals surface area contributed by atoms with Crippen LogP contribution in [0.25, 0.3) is 0 Å². The maximum atomic E-state index is 6.22. The van der Waals surface area contributed by atoms with Gasteiger partial charge in [0.2, 0.25) is 0 Å². The van der Waals surface area contributed by atoms with Gasteiger partial charge in [0.25, 0.3) is 0 Å². The van der Waals surface area contributed by atoms with Crippen LogP contribution in [0.4, 0.5) is 0 Å². The highest BCUT2D eigenvalue weighted by Gasteiger charge is 2.31. The van der Waals surface area contributed by atoms with Gasteiger partial charge in [-0.3, -0.25) is 0 Å². The summed E-state index contributed by atoms with van der Waals surface area (Å²) in [6, 6.07) is 4.09. The van der Waals surface area contributed by atoms with Crippen molar-refractivity contribution < 1.29 is 0 Å². The van der Waals surface area contributed by atoms with Gasteiger partial charge in [-0.25, -0.2) is 0 Å². The summed E-state index contributed by atoms with van der Waals surface area (Å²) >= 11 is 18.5. The quantitative estimate of drug-likeness (QED) is 0.716. The van der Waals surface area contributed by atoms with Gasteiger partial charge in [-0.2, -0.15) is 0 Å². The Labute approximate surface area is 130 Å². The van der Waals surface area contributed by atoms with Crippen LogP contribution in [0.1, 0.15) is 38.7 Å². The van der Waals surface area contributed by atoms with E-state index in [0.29, 0.717) is 33.6 Å². The molecule has 0 spiro atoms. The van der Waals surface area contributed by atoms with Crippen molar-refractivity contribution in [2.45, 2.75) is 45.7 Å². The van der Waals surface area contributed by atoms with Crippen LogP contribution in [0.15, 0.2) is 12.1 Å². The van der Waals surface area contributed by atoms with Crippen LogP contribution in [0, 0.1) is 11.8 Å². The molecule has 1 nitrogen and oxygen atoms in total. The summed E-state index contributed by atoms with van der Waals surface area (Å²) in [4.78, 5) is 0. The average molecular weight is 321 g/mol. The maximum Gasteiger partial charge on any atom is 0.0652 e. The van der Waals surface area contributed by atoms with Crippen LogP contribution in [0.5, 0.6) is 0 Å². The highest BCUT2D eigenvalue weighted by Crippen LogP contribution is 2.35. The van der Waals surface area contributed by atoms with E-state index in [1.54, 1.807) is 12.1 Å². The molecule has 1 aromatic rings. The second-order valence-electron chi connectivity index (χ2n) is 5.41. The van der Waals surface area contributed by atoms with Crippen LogP contribution in [0.3, 0.4) is 0 Å². The molecule has 3 unspecified atom stereocenters. The second kappa shape index (κ2) is 6.67. The molecule has 1 aliphatic rings. The Bertz CT molecular complexity index is 447. The minimum absolute atomic E-state index is 0.552. The topological polar surface area (TPSA) is 12.0 Å². The third-order valence-electron chi connectivity index (χ3n) is 4.43. The molecule has 1 aromatic carbocycles. The summed E-state index contributed by atoms with van der Waals surface area (Å²) in [6.45, 7) is 5.29. The highest BCUT2D eigenvalue weighted by atomic mass is 35.5. The Morgan fingerprint density at radius 2 is 1.84 bits per heavy atom. The Balaban J connectivity index is 2.02. The van der Waals surface area contributed by atoms with Gasteiger partial charge >= 0.3 is 0 Å². The van der Waals surface area contributed by atoms with Gasteiger partial charge in [-0.15, -0.1) is 0 Å². The number of benzene rings is 1. The fraction of sp³-hybridized carbons (Fsp3) is 0.600. The highest BCUT2D eigenvalue weighted by molar-refractivity contribution is 6.44. The van der Waals surface area contributed by atoms with Gasteiger partial charge < -0.3 is 5.32 Å². The summed E-state index contributed by atoms with van der Waals surface area (Å²) in [5, 5.41) is 5.41. The molecular formula is C15H20Cl3N. The molecule has 0 saturated heterocycles. The Hall–Kier alpha value is 0.0500. The molecular weight excluding hydrogens is 301 g/mol. The van der Waals surface area contributed by atoms with E-state index in [2.05, 4.69) is 19.2 Å². The summed E-state index contributed by atoms with van der Waals surface area (Å²) in [5.41, 5.74) is 0.906. The fourth-order valence-electron chi connectivity index (χ4n) is 3.08. The van der Waals surface area contributed by atoms with Crippen LogP contribution < -0.4 is 5.32 Å². The molecule has 4 heteroatoms. The Kier molecular flexibility index (Phi) is 5.42. The first-order valence-corrected chi connectivity index (χ1v) is 8.03. The molecule has 19 heavy (non-hydrogen) atoms. The van der Waals surface area contributed by atoms with Gasteiger partial charge in [0.05, 0.1) is 10.0 Å². The van der Waals surface area contributed by atoms with Crippen LogP contribution in [-0.4, -0.2) is 6.04 Å². The van der Waals surface area contributed by atoms with Crippen LogP contribution >= 0.6 is 34.8 Å². The molecule has 0 aromatic heterocycles. The van der Waals surface area contributed by atoms with E-state index in [1.807, 2.05) is 0 Å². The van der Waals surface area contributed by atoms with Crippen molar-refractivity contribution in [1.29, 1.82) is 0 Å². The Morgan fingerprint density at radius 1 is 1.16 bits per heavy atom. The van der Waals surface area contributed by atoms with E-state index in [9.17, 15) is 0 Å². The summed E-state index contributed by atoms with van der Waals surface area (Å²) < 4.78 is 0. The molecule has 1 saturated carbocycles. The third-order valence-corrected chi connectivity index (χ3v) is 5.63. The van der Waals surface area contributed by atoms with Crippen molar-refractivity contribution in [3.63, 3.8) is 0 Å². The number of hydrogen-bond donors (Lipinski definition) is 1. The normalized spacial score (nSPS) is 26.9. The molecule has 0 heterocycles. The van der Waals surface area contributed by atoms with Gasteiger partial charge in [-0.05, 0) is 36.8 Å². The van der Waals surface area contributed by atoms with Crippen molar-refractivity contribution >= 4 is 34.8 Å². The van der Waals surface area contributed by atoms with Gasteiger partial charge in [0, 0.05) is 23.2 Å². The molecule has 0 amide bonds. The predicted molar refractivity (Wildman–Crippen MR) is 84.3 cm³/mol. The van der Waals surface area contributed by atoms with Gasteiger partial charge in [0.1, 0.15) is 0 Å². The van der Waals surface area contributed by atoms with Crippen molar-refractivity contribution in [3.05, 3.63) is 32.8 Å². The minimum Gasteiger partial charge on any atom is -0.310 e. The predicted octanol–water partition coefficient (Wildman–Crippen LogP) is 5.56. The molecule has 1 aliphatic carbocycles. The number of nitrogens with one attached hydrogen (secondary N) is 1. The third kappa shape index (κ3) is 3.39. The van der Waals surface area contributed by atoms with Gasteiger partial charge in [0.15, 0.2) is 0 Å². The average Bonchev–Trinajstić information content (AvgIpc) is 2.75. The van der Waals surface area contributed by atoms with E-state index in [0.717, 1.165) is 11.5 Å². The zero-order valence-corrected chi connectivity index (χ0v) is 13.6. The zero-order valence-electron chi connectivity index (χ0n) is 11.3. The second-order valence-corrected chi connectivity index (χ2v) is 6.61. The van der Waals surface area contributed by atoms with Gasteiger partial charge in [-0.1, -0.05) is 55.1 Å². The van der Waals surface area contributed by atoms with E-state index >= 15 is 0 Å². The zero-order chi connectivity index (χ0) is 14.0. The molecule has 2 rings (SSSR count). The summed E-state index contributed by atoms with van der Waals surface area (Å²) in [5.74, 6) is 1.55. The largest absolute Gasteiger partial charge is 0.310 e. The fourth-order valence-corrected chi connectivity index (χ4v) is 3.76. The van der Waals surface area contributed by atoms with E-state index in [-0.39, 0.29) is 0 Å². The van der Waals surface area contributed by atoms with Crippen molar-refractivity contribution in [2.75, 3.05) is 0 Å². The van der Waals surface area contributed by atoms with Crippen molar-refractivity contribution in [2.24, 2.45) is 11.8 Å². The van der Waals surface area contributed by atoms with E-state index in [4.69, 9.17) is 34.8 Å². The monoisotopic (exact) mass is 319 g/mol. The first kappa shape index (κ1) is 15.4. The lowest BCUT2D eigenvalue weighted by Gasteiger charge is -2.21. The molecule has 0 aliphatic heterocycles. The Morgan fingerprint density at radius 3 is 2.47 bits per heavy atom. The molecule has 1 N–H and O–H groups in total. The number of hydrogen-bond acceptors (Lipinski definition) is 1. The molecule has 0 radical (unpaired) electrons. The lowest BCUT2D eigenvalue weighted by molar-refractivity contribution is 0.344. The van der Waals surface area contributed by atoms with Crippen molar-refractivity contribution in [1.82, 2.24) is 5.32 Å². The van der Waals surface area contributed by atoms with Crippen molar-refractivity contribution in [3.8, 4) is 0 Å². The van der Waals surface area contributed by atoms with Crippen LogP contribution in [-0.2, 0) is 6.54 Å². The van der Waals surface area contributed by atoms with Crippen LogP contribution in [0.2, 0.25) is 15.1 Å². The molecule has 1 fully saturated rings. The SMILES string of the molecule is CCC1CCC(NCc2c(Cl)ccc(Cl)c2Cl)C1C. The summed E-state index contributed by atoms with van der Waals surface area (Å²) in [6.07, 6.45) is 3.81. The molecule has 0 bridgehead atoms. The lowest BCUT2D eigenvalue weighted by atomic mass is 9.93. The number of halogens is 3. The van der Waals surface area contributed by atoms with E-state index < -0.39 is 0 Å².